The van der Waals surface area contributed by atoms with Crippen LogP contribution in [0.1, 0.15) is 41.6 Å². The average Bonchev–Trinajstić information content (AvgIpc) is 2.41. The van der Waals surface area contributed by atoms with Crippen LogP contribution in [0.4, 0.5) is 0 Å². The first-order valence-electron chi connectivity index (χ1n) is 6.90. The Balaban J connectivity index is 1.87. The molecule has 0 aliphatic heterocycles. The van der Waals surface area contributed by atoms with Crippen LogP contribution in [-0.2, 0) is 11.3 Å². The Labute approximate surface area is 118 Å². The number of carbonyl (C=O) groups is 2. The lowest BCUT2D eigenvalue weighted by molar-refractivity contribution is -0.124. The third-order valence-electron chi connectivity index (χ3n) is 4.08. The fourth-order valence-corrected chi connectivity index (χ4v) is 2.57. The standard InChI is InChI=1S/C15H21N3O2/c16-10-15(5-2-6-15)8-13(19)18-9-11-3-1-4-12(7-11)14(17)20/h1,3-4,7H,2,5-6,8-10,16H2,(H2,17,20)(H,18,19). The maximum atomic E-state index is 11.9. The molecule has 0 radical (unpaired) electrons. The molecule has 5 nitrogen and oxygen atoms in total. The molecule has 0 spiro atoms. The highest BCUT2D eigenvalue weighted by atomic mass is 16.2. The van der Waals surface area contributed by atoms with Gasteiger partial charge in [0.1, 0.15) is 0 Å². The number of rotatable bonds is 6. The van der Waals surface area contributed by atoms with E-state index in [1.165, 1.54) is 0 Å². The summed E-state index contributed by atoms with van der Waals surface area (Å²) < 4.78 is 0. The maximum absolute atomic E-state index is 11.9. The zero-order valence-electron chi connectivity index (χ0n) is 11.5. The number of primary amides is 1. The molecule has 2 amide bonds. The summed E-state index contributed by atoms with van der Waals surface area (Å²) in [5.74, 6) is -0.450. The molecule has 1 aromatic carbocycles. The summed E-state index contributed by atoms with van der Waals surface area (Å²) in [7, 11) is 0. The summed E-state index contributed by atoms with van der Waals surface area (Å²) in [6.45, 7) is 0.970. The summed E-state index contributed by atoms with van der Waals surface area (Å²) in [4.78, 5) is 23.0. The molecule has 1 aliphatic rings. The van der Waals surface area contributed by atoms with Gasteiger partial charge in [-0.3, -0.25) is 9.59 Å². The van der Waals surface area contributed by atoms with Gasteiger partial charge in [-0.05, 0) is 42.5 Å². The predicted octanol–water partition coefficient (Wildman–Crippen LogP) is 0.921. The van der Waals surface area contributed by atoms with Gasteiger partial charge in [-0.15, -0.1) is 0 Å². The number of nitrogens with two attached hydrogens (primary N) is 2. The van der Waals surface area contributed by atoms with Crippen LogP contribution >= 0.6 is 0 Å². The first-order chi connectivity index (χ1) is 9.54. The molecule has 0 atom stereocenters. The quantitative estimate of drug-likeness (QED) is 0.720. The summed E-state index contributed by atoms with van der Waals surface area (Å²) >= 11 is 0. The summed E-state index contributed by atoms with van der Waals surface area (Å²) in [6.07, 6.45) is 3.71. The molecule has 20 heavy (non-hydrogen) atoms. The van der Waals surface area contributed by atoms with E-state index in [0.717, 1.165) is 24.8 Å². The number of benzene rings is 1. The topological polar surface area (TPSA) is 98.2 Å². The van der Waals surface area contributed by atoms with E-state index < -0.39 is 5.91 Å². The van der Waals surface area contributed by atoms with E-state index in [4.69, 9.17) is 11.5 Å². The van der Waals surface area contributed by atoms with Crippen molar-refractivity contribution in [1.29, 1.82) is 0 Å². The Hall–Kier alpha value is -1.88. The minimum Gasteiger partial charge on any atom is -0.366 e. The van der Waals surface area contributed by atoms with Crippen LogP contribution in [0.15, 0.2) is 24.3 Å². The van der Waals surface area contributed by atoms with Crippen molar-refractivity contribution in [1.82, 2.24) is 5.32 Å². The number of amides is 2. The van der Waals surface area contributed by atoms with E-state index in [1.54, 1.807) is 18.2 Å². The smallest absolute Gasteiger partial charge is 0.248 e. The van der Waals surface area contributed by atoms with Gasteiger partial charge in [0, 0.05) is 18.5 Å². The van der Waals surface area contributed by atoms with Gasteiger partial charge in [-0.25, -0.2) is 0 Å². The second-order valence-corrected chi connectivity index (χ2v) is 5.58. The Morgan fingerprint density at radius 1 is 1.30 bits per heavy atom. The van der Waals surface area contributed by atoms with Crippen molar-refractivity contribution in [2.24, 2.45) is 16.9 Å². The molecule has 1 fully saturated rings. The third kappa shape index (κ3) is 3.36. The van der Waals surface area contributed by atoms with Crippen LogP contribution in [0, 0.1) is 5.41 Å². The van der Waals surface area contributed by atoms with Gasteiger partial charge in [0.25, 0.3) is 0 Å². The van der Waals surface area contributed by atoms with Crippen molar-refractivity contribution in [3.05, 3.63) is 35.4 Å². The zero-order valence-corrected chi connectivity index (χ0v) is 11.5. The maximum Gasteiger partial charge on any atom is 0.248 e. The van der Waals surface area contributed by atoms with Crippen LogP contribution < -0.4 is 16.8 Å². The lowest BCUT2D eigenvalue weighted by Gasteiger charge is -2.40. The minimum atomic E-state index is -0.463. The van der Waals surface area contributed by atoms with Crippen molar-refractivity contribution < 1.29 is 9.59 Å². The SMILES string of the molecule is NCC1(CC(=O)NCc2cccc(C(N)=O)c2)CCC1. The lowest BCUT2D eigenvalue weighted by Crippen LogP contribution is -2.41. The summed E-state index contributed by atoms with van der Waals surface area (Å²) in [5, 5.41) is 2.88. The fraction of sp³-hybridized carbons (Fsp3) is 0.467. The van der Waals surface area contributed by atoms with Gasteiger partial charge < -0.3 is 16.8 Å². The Bertz CT molecular complexity index is 504. The highest BCUT2D eigenvalue weighted by molar-refractivity contribution is 5.92. The van der Waals surface area contributed by atoms with E-state index in [9.17, 15) is 9.59 Å². The predicted molar refractivity (Wildman–Crippen MR) is 76.8 cm³/mol. The molecular formula is C15H21N3O2. The number of hydrogen-bond acceptors (Lipinski definition) is 3. The molecule has 1 saturated carbocycles. The van der Waals surface area contributed by atoms with Crippen molar-refractivity contribution >= 4 is 11.8 Å². The molecule has 0 saturated heterocycles. The van der Waals surface area contributed by atoms with Gasteiger partial charge in [0.2, 0.25) is 11.8 Å². The molecule has 108 valence electrons. The van der Waals surface area contributed by atoms with Crippen LogP contribution in [0.3, 0.4) is 0 Å². The van der Waals surface area contributed by atoms with Gasteiger partial charge in [0.05, 0.1) is 0 Å². The highest BCUT2D eigenvalue weighted by Crippen LogP contribution is 2.42. The molecule has 0 unspecified atom stereocenters. The van der Waals surface area contributed by atoms with Crippen LogP contribution in [0.5, 0.6) is 0 Å². The van der Waals surface area contributed by atoms with E-state index in [1.807, 2.05) is 6.07 Å². The van der Waals surface area contributed by atoms with Crippen molar-refractivity contribution in [3.63, 3.8) is 0 Å². The van der Waals surface area contributed by atoms with Gasteiger partial charge in [-0.2, -0.15) is 0 Å². The second-order valence-electron chi connectivity index (χ2n) is 5.58. The molecular weight excluding hydrogens is 254 g/mol. The van der Waals surface area contributed by atoms with Crippen LogP contribution in [0.25, 0.3) is 0 Å². The highest BCUT2D eigenvalue weighted by Gasteiger charge is 2.37. The minimum absolute atomic E-state index is 0.0131. The van der Waals surface area contributed by atoms with Gasteiger partial charge >= 0.3 is 0 Å². The van der Waals surface area contributed by atoms with E-state index in [2.05, 4.69) is 5.32 Å². The Morgan fingerprint density at radius 2 is 2.05 bits per heavy atom. The number of nitrogens with one attached hydrogen (secondary N) is 1. The van der Waals surface area contributed by atoms with Crippen molar-refractivity contribution in [2.45, 2.75) is 32.2 Å². The van der Waals surface area contributed by atoms with Crippen LogP contribution in [-0.4, -0.2) is 18.4 Å². The van der Waals surface area contributed by atoms with E-state index in [0.29, 0.717) is 25.1 Å². The summed E-state index contributed by atoms with van der Waals surface area (Å²) in [6, 6.07) is 6.97. The largest absolute Gasteiger partial charge is 0.366 e. The zero-order chi connectivity index (χ0) is 14.6. The van der Waals surface area contributed by atoms with Gasteiger partial charge in [-0.1, -0.05) is 18.6 Å². The normalized spacial score (nSPS) is 16.2. The summed E-state index contributed by atoms with van der Waals surface area (Å²) in [5.41, 5.74) is 12.3. The number of hydrogen-bond donors (Lipinski definition) is 3. The molecule has 0 aromatic heterocycles. The van der Waals surface area contributed by atoms with Gasteiger partial charge in [0.15, 0.2) is 0 Å². The Kier molecular flexibility index (Phi) is 4.39. The molecule has 5 heteroatoms. The first kappa shape index (κ1) is 14.5. The Morgan fingerprint density at radius 3 is 2.60 bits per heavy atom. The van der Waals surface area contributed by atoms with Crippen molar-refractivity contribution in [3.8, 4) is 0 Å². The van der Waals surface area contributed by atoms with Crippen molar-refractivity contribution in [2.75, 3.05) is 6.54 Å². The lowest BCUT2D eigenvalue weighted by atomic mass is 9.66. The van der Waals surface area contributed by atoms with E-state index >= 15 is 0 Å². The molecule has 0 bridgehead atoms. The third-order valence-corrected chi connectivity index (χ3v) is 4.08. The second kappa shape index (κ2) is 6.05. The molecule has 5 N–H and O–H groups in total. The molecule has 2 rings (SSSR count). The van der Waals surface area contributed by atoms with Crippen LogP contribution in [0.2, 0.25) is 0 Å². The number of carbonyl (C=O) groups excluding carboxylic acids is 2. The molecule has 1 aliphatic carbocycles. The first-order valence-corrected chi connectivity index (χ1v) is 6.90. The van der Waals surface area contributed by atoms with E-state index in [-0.39, 0.29) is 11.3 Å². The molecule has 0 heterocycles. The average molecular weight is 275 g/mol. The fourth-order valence-electron chi connectivity index (χ4n) is 2.57. The monoisotopic (exact) mass is 275 g/mol. The molecule has 1 aromatic rings.